The number of nitrogens with one attached hydrogen (secondary N) is 1. The fourth-order valence-corrected chi connectivity index (χ4v) is 3.83. The van der Waals surface area contributed by atoms with Gasteiger partial charge < -0.3 is 5.11 Å². The second kappa shape index (κ2) is 7.02. The standard InChI is InChI=1S/C14H20N2O4S/c17-14(18)13(12-8-4-3-5-9-12)15-21(19,20)16-10-6-1-2-7-11-16/h3-5,8-9,13,15H,1-2,6-7,10-11H2,(H,17,18)/t13-/m0/s1. The van der Waals surface area contributed by atoms with Crippen LogP contribution in [0.2, 0.25) is 0 Å². The number of hydrogen-bond acceptors (Lipinski definition) is 3. The summed E-state index contributed by atoms with van der Waals surface area (Å²) in [5, 5.41) is 9.30. The summed E-state index contributed by atoms with van der Waals surface area (Å²) in [7, 11) is -3.80. The highest BCUT2D eigenvalue weighted by molar-refractivity contribution is 7.87. The second-order valence-corrected chi connectivity index (χ2v) is 6.82. The van der Waals surface area contributed by atoms with Crippen molar-refractivity contribution in [3.8, 4) is 0 Å². The summed E-state index contributed by atoms with van der Waals surface area (Å²) in [6.45, 7) is 0.882. The van der Waals surface area contributed by atoms with E-state index < -0.39 is 22.2 Å². The predicted molar refractivity (Wildman–Crippen MR) is 78.9 cm³/mol. The third-order valence-electron chi connectivity index (χ3n) is 3.55. The van der Waals surface area contributed by atoms with E-state index in [1.165, 1.54) is 4.31 Å². The molecular formula is C14H20N2O4S. The molecule has 0 saturated carbocycles. The summed E-state index contributed by atoms with van der Waals surface area (Å²) in [5.41, 5.74) is 0.420. The second-order valence-electron chi connectivity index (χ2n) is 5.12. The van der Waals surface area contributed by atoms with Crippen LogP contribution in [0.5, 0.6) is 0 Å². The van der Waals surface area contributed by atoms with Crippen LogP contribution in [0.1, 0.15) is 37.3 Å². The van der Waals surface area contributed by atoms with E-state index in [9.17, 15) is 18.3 Å². The van der Waals surface area contributed by atoms with E-state index in [1.807, 2.05) is 0 Å². The lowest BCUT2D eigenvalue weighted by atomic mass is 10.1. The summed E-state index contributed by atoms with van der Waals surface area (Å²) in [5.74, 6) is -1.21. The minimum absolute atomic E-state index is 0.420. The summed E-state index contributed by atoms with van der Waals surface area (Å²) in [6, 6.07) is 7.07. The lowest BCUT2D eigenvalue weighted by molar-refractivity contribution is -0.139. The van der Waals surface area contributed by atoms with Crippen LogP contribution >= 0.6 is 0 Å². The maximum absolute atomic E-state index is 12.4. The van der Waals surface area contributed by atoms with Crippen molar-refractivity contribution in [2.45, 2.75) is 31.7 Å². The Labute approximate surface area is 125 Å². The van der Waals surface area contributed by atoms with Gasteiger partial charge in [0, 0.05) is 13.1 Å². The number of carboxylic acids is 1. The van der Waals surface area contributed by atoms with Crippen molar-refractivity contribution >= 4 is 16.2 Å². The fraction of sp³-hybridized carbons (Fsp3) is 0.500. The van der Waals surface area contributed by atoms with Gasteiger partial charge in [-0.1, -0.05) is 43.2 Å². The topological polar surface area (TPSA) is 86.7 Å². The van der Waals surface area contributed by atoms with E-state index in [0.29, 0.717) is 18.7 Å². The Bertz CT molecular complexity index is 566. The van der Waals surface area contributed by atoms with Gasteiger partial charge in [-0.15, -0.1) is 0 Å². The van der Waals surface area contributed by atoms with Gasteiger partial charge in [0.15, 0.2) is 0 Å². The number of aliphatic carboxylic acids is 1. The Morgan fingerprint density at radius 3 is 2.19 bits per heavy atom. The van der Waals surface area contributed by atoms with Crippen molar-refractivity contribution in [3.63, 3.8) is 0 Å². The molecule has 1 heterocycles. The molecule has 1 saturated heterocycles. The van der Waals surface area contributed by atoms with Crippen molar-refractivity contribution in [2.24, 2.45) is 0 Å². The monoisotopic (exact) mass is 312 g/mol. The maximum Gasteiger partial charge on any atom is 0.326 e. The molecule has 0 bridgehead atoms. The first-order chi connectivity index (χ1) is 10.0. The maximum atomic E-state index is 12.4. The minimum Gasteiger partial charge on any atom is -0.480 e. The first-order valence-electron chi connectivity index (χ1n) is 7.06. The third-order valence-corrected chi connectivity index (χ3v) is 5.13. The molecule has 116 valence electrons. The number of carbonyl (C=O) groups is 1. The molecule has 1 aromatic carbocycles. The molecule has 2 rings (SSSR count). The Balaban J connectivity index is 2.17. The molecule has 2 N–H and O–H groups in total. The Morgan fingerprint density at radius 2 is 1.67 bits per heavy atom. The van der Waals surface area contributed by atoms with Crippen LogP contribution in [-0.4, -0.2) is 36.9 Å². The van der Waals surface area contributed by atoms with Crippen LogP contribution in [-0.2, 0) is 15.0 Å². The van der Waals surface area contributed by atoms with Crippen LogP contribution in [0.4, 0.5) is 0 Å². The molecule has 21 heavy (non-hydrogen) atoms. The Hall–Kier alpha value is -1.44. The highest BCUT2D eigenvalue weighted by Gasteiger charge is 2.30. The molecule has 0 amide bonds. The molecule has 0 aromatic heterocycles. The van der Waals surface area contributed by atoms with E-state index in [0.717, 1.165) is 25.7 Å². The molecule has 0 radical (unpaired) electrons. The van der Waals surface area contributed by atoms with Gasteiger partial charge in [-0.25, -0.2) is 0 Å². The zero-order chi connectivity index (χ0) is 15.3. The van der Waals surface area contributed by atoms with Crippen molar-refractivity contribution in [2.75, 3.05) is 13.1 Å². The van der Waals surface area contributed by atoms with Crippen molar-refractivity contribution in [1.82, 2.24) is 9.03 Å². The first kappa shape index (κ1) is 15.9. The largest absolute Gasteiger partial charge is 0.480 e. The minimum atomic E-state index is -3.80. The number of carboxylic acid groups (broad SMARTS) is 1. The lowest BCUT2D eigenvalue weighted by Crippen LogP contribution is -2.44. The normalized spacial score (nSPS) is 18.9. The molecule has 7 heteroatoms. The van der Waals surface area contributed by atoms with E-state index in [-0.39, 0.29) is 0 Å². The van der Waals surface area contributed by atoms with Gasteiger partial charge in [-0.2, -0.15) is 17.4 Å². The molecule has 0 aliphatic carbocycles. The predicted octanol–water partition coefficient (Wildman–Crippen LogP) is 1.52. The molecule has 1 atom stereocenters. The van der Waals surface area contributed by atoms with E-state index in [2.05, 4.69) is 4.72 Å². The SMILES string of the molecule is O=C(O)[C@@H](NS(=O)(=O)N1CCCCCC1)c1ccccc1. The van der Waals surface area contributed by atoms with E-state index in [1.54, 1.807) is 30.3 Å². The van der Waals surface area contributed by atoms with Crippen LogP contribution < -0.4 is 4.72 Å². The summed E-state index contributed by atoms with van der Waals surface area (Å²) >= 11 is 0. The zero-order valence-corrected chi connectivity index (χ0v) is 12.6. The highest BCUT2D eigenvalue weighted by atomic mass is 32.2. The van der Waals surface area contributed by atoms with Gasteiger partial charge in [-0.3, -0.25) is 4.79 Å². The van der Waals surface area contributed by atoms with Gasteiger partial charge in [0.1, 0.15) is 6.04 Å². The molecule has 0 unspecified atom stereocenters. The lowest BCUT2D eigenvalue weighted by Gasteiger charge is -2.23. The third kappa shape index (κ3) is 4.26. The number of hydrogen-bond donors (Lipinski definition) is 2. The van der Waals surface area contributed by atoms with E-state index in [4.69, 9.17) is 0 Å². The zero-order valence-electron chi connectivity index (χ0n) is 11.7. The van der Waals surface area contributed by atoms with Crippen LogP contribution in [0, 0.1) is 0 Å². The Kier molecular flexibility index (Phi) is 5.33. The summed E-state index contributed by atoms with van der Waals surface area (Å²) in [4.78, 5) is 11.4. The highest BCUT2D eigenvalue weighted by Crippen LogP contribution is 2.18. The number of benzene rings is 1. The van der Waals surface area contributed by atoms with Crippen LogP contribution in [0.25, 0.3) is 0 Å². The van der Waals surface area contributed by atoms with Crippen molar-refractivity contribution in [3.05, 3.63) is 35.9 Å². The van der Waals surface area contributed by atoms with Crippen LogP contribution in [0.15, 0.2) is 30.3 Å². The molecule has 1 fully saturated rings. The van der Waals surface area contributed by atoms with Gasteiger partial charge >= 0.3 is 5.97 Å². The summed E-state index contributed by atoms with van der Waals surface area (Å²) in [6.07, 6.45) is 3.63. The first-order valence-corrected chi connectivity index (χ1v) is 8.50. The summed E-state index contributed by atoms with van der Waals surface area (Å²) < 4.78 is 28.4. The van der Waals surface area contributed by atoms with Gasteiger partial charge in [-0.05, 0) is 18.4 Å². The van der Waals surface area contributed by atoms with Gasteiger partial charge in [0.2, 0.25) is 0 Å². The molecule has 1 aromatic rings. The molecule has 1 aliphatic rings. The molecule has 6 nitrogen and oxygen atoms in total. The van der Waals surface area contributed by atoms with Crippen molar-refractivity contribution < 1.29 is 18.3 Å². The quantitative estimate of drug-likeness (QED) is 0.863. The number of rotatable bonds is 5. The average molecular weight is 312 g/mol. The van der Waals surface area contributed by atoms with Crippen molar-refractivity contribution in [1.29, 1.82) is 0 Å². The number of nitrogens with zero attached hydrogens (tertiary/aromatic N) is 1. The molecule has 0 spiro atoms. The van der Waals surface area contributed by atoms with E-state index >= 15 is 0 Å². The van der Waals surface area contributed by atoms with Gasteiger partial charge in [0.25, 0.3) is 10.2 Å². The molecular weight excluding hydrogens is 292 g/mol. The fourth-order valence-electron chi connectivity index (χ4n) is 2.41. The Morgan fingerprint density at radius 1 is 1.10 bits per heavy atom. The smallest absolute Gasteiger partial charge is 0.326 e. The van der Waals surface area contributed by atoms with Gasteiger partial charge in [0.05, 0.1) is 0 Å². The molecule has 1 aliphatic heterocycles. The van der Waals surface area contributed by atoms with Crippen LogP contribution in [0.3, 0.4) is 0 Å². The average Bonchev–Trinajstić information content (AvgIpc) is 2.75.